The first-order valence-electron chi connectivity index (χ1n) is 10.4. The van der Waals surface area contributed by atoms with Crippen molar-refractivity contribution in [2.75, 3.05) is 64.2 Å². The predicted octanol–water partition coefficient (Wildman–Crippen LogP) is 2.29. The Bertz CT molecular complexity index is 1040. The quantitative estimate of drug-likeness (QED) is 0.692. The minimum atomic E-state index is -0.320. The van der Waals surface area contributed by atoms with Crippen LogP contribution in [0.4, 0.5) is 11.4 Å². The smallest absolute Gasteiger partial charge is 0.282 e. The average Bonchev–Trinajstić information content (AvgIpc) is 3.04. The summed E-state index contributed by atoms with van der Waals surface area (Å²) in [5.74, 6) is -0.0279. The van der Waals surface area contributed by atoms with E-state index in [1.54, 1.807) is 13.2 Å². The molecule has 162 valence electrons. The Balaban J connectivity index is 1.84. The summed E-state index contributed by atoms with van der Waals surface area (Å²) in [6.45, 7) is 3.05. The van der Waals surface area contributed by atoms with E-state index >= 15 is 0 Å². The van der Waals surface area contributed by atoms with Gasteiger partial charge in [-0.2, -0.15) is 0 Å². The summed E-state index contributed by atoms with van der Waals surface area (Å²) in [5, 5.41) is 0. The molecule has 2 aromatic carbocycles. The Morgan fingerprint density at radius 3 is 2.29 bits per heavy atom. The van der Waals surface area contributed by atoms with E-state index < -0.39 is 0 Å². The Hall–Kier alpha value is -3.32. The summed E-state index contributed by atoms with van der Waals surface area (Å²) in [6, 6.07) is 14.9. The number of ether oxygens (including phenoxy) is 1. The minimum absolute atomic E-state index is 0.286. The number of para-hydroxylation sites is 1. The van der Waals surface area contributed by atoms with Gasteiger partial charge in [0.2, 0.25) is 0 Å². The molecule has 7 heteroatoms. The lowest BCUT2D eigenvalue weighted by Gasteiger charge is -2.34. The van der Waals surface area contributed by atoms with Crippen molar-refractivity contribution in [1.29, 1.82) is 0 Å². The molecule has 1 saturated heterocycles. The van der Waals surface area contributed by atoms with Gasteiger partial charge >= 0.3 is 0 Å². The number of piperazine rings is 1. The van der Waals surface area contributed by atoms with Crippen LogP contribution in [-0.2, 0) is 9.59 Å². The van der Waals surface area contributed by atoms with E-state index in [2.05, 4.69) is 11.9 Å². The molecule has 7 nitrogen and oxygen atoms in total. The van der Waals surface area contributed by atoms with Crippen LogP contribution >= 0.6 is 0 Å². The van der Waals surface area contributed by atoms with Gasteiger partial charge in [-0.3, -0.25) is 9.59 Å². The molecule has 0 atom stereocenters. The van der Waals surface area contributed by atoms with Crippen LogP contribution in [0.2, 0.25) is 0 Å². The van der Waals surface area contributed by atoms with Gasteiger partial charge in [-0.15, -0.1) is 0 Å². The van der Waals surface area contributed by atoms with Crippen molar-refractivity contribution in [3.63, 3.8) is 0 Å². The van der Waals surface area contributed by atoms with Gasteiger partial charge in [0, 0.05) is 51.5 Å². The van der Waals surface area contributed by atoms with E-state index in [9.17, 15) is 9.59 Å². The van der Waals surface area contributed by atoms with E-state index in [1.807, 2.05) is 66.4 Å². The van der Waals surface area contributed by atoms with Crippen LogP contribution in [-0.4, -0.2) is 76.0 Å². The molecule has 31 heavy (non-hydrogen) atoms. The number of imide groups is 1. The van der Waals surface area contributed by atoms with Gasteiger partial charge in [-0.1, -0.05) is 24.3 Å². The van der Waals surface area contributed by atoms with E-state index in [0.717, 1.165) is 18.8 Å². The van der Waals surface area contributed by atoms with Gasteiger partial charge in [0.05, 0.1) is 18.4 Å². The fraction of sp³-hybridized carbons (Fsp3) is 0.333. The van der Waals surface area contributed by atoms with Crippen molar-refractivity contribution in [3.05, 3.63) is 59.8 Å². The Kier molecular flexibility index (Phi) is 5.69. The highest BCUT2D eigenvalue weighted by atomic mass is 16.5. The van der Waals surface area contributed by atoms with Crippen LogP contribution in [0, 0.1) is 0 Å². The number of methoxy groups -OCH3 is 1. The van der Waals surface area contributed by atoms with Crippen molar-refractivity contribution in [2.24, 2.45) is 0 Å². The van der Waals surface area contributed by atoms with Gasteiger partial charge in [0.1, 0.15) is 11.4 Å². The maximum atomic E-state index is 13.7. The van der Waals surface area contributed by atoms with Crippen molar-refractivity contribution in [3.8, 4) is 5.75 Å². The second-order valence-corrected chi connectivity index (χ2v) is 8.07. The standard InChI is InChI=1S/C24H28N4O3/c1-25(2)17-8-7-9-18(16-17)28-23(29)21(19-10-5-6-11-20(19)31-4)22(24(28)30)27-14-12-26(3)13-15-27/h5-11,16H,12-15H2,1-4H3. The van der Waals surface area contributed by atoms with Crippen LogP contribution in [0.5, 0.6) is 5.75 Å². The number of carbonyl (C=O) groups excluding carboxylic acids is 2. The topological polar surface area (TPSA) is 56.3 Å². The molecule has 0 bridgehead atoms. The first-order chi connectivity index (χ1) is 14.9. The molecule has 2 amide bonds. The summed E-state index contributed by atoms with van der Waals surface area (Å²) in [7, 11) is 7.50. The van der Waals surface area contributed by atoms with Crippen LogP contribution in [0.15, 0.2) is 54.2 Å². The highest BCUT2D eigenvalue weighted by Crippen LogP contribution is 2.39. The molecule has 4 rings (SSSR count). The number of hydrogen-bond donors (Lipinski definition) is 0. The Morgan fingerprint density at radius 2 is 1.61 bits per heavy atom. The van der Waals surface area contributed by atoms with Gasteiger partial charge in [0.15, 0.2) is 0 Å². The molecule has 0 unspecified atom stereocenters. The minimum Gasteiger partial charge on any atom is -0.496 e. The zero-order valence-corrected chi connectivity index (χ0v) is 18.5. The maximum absolute atomic E-state index is 13.7. The number of likely N-dealkylation sites (N-methyl/N-ethyl adjacent to an activating group) is 1. The first-order valence-corrected chi connectivity index (χ1v) is 10.4. The molecule has 2 aliphatic heterocycles. The Labute approximate surface area is 183 Å². The third kappa shape index (κ3) is 3.77. The normalized spacial score (nSPS) is 17.5. The SMILES string of the molecule is COc1ccccc1C1=C(N2CCN(C)CC2)C(=O)N(c2cccc(N(C)C)c2)C1=O. The predicted molar refractivity (Wildman–Crippen MR) is 122 cm³/mol. The van der Waals surface area contributed by atoms with Gasteiger partial charge in [-0.05, 0) is 31.3 Å². The lowest BCUT2D eigenvalue weighted by Crippen LogP contribution is -2.46. The van der Waals surface area contributed by atoms with Crippen LogP contribution in [0.3, 0.4) is 0 Å². The molecular weight excluding hydrogens is 392 g/mol. The van der Waals surface area contributed by atoms with Gasteiger partial charge in [0.25, 0.3) is 11.8 Å². The monoisotopic (exact) mass is 420 g/mol. The summed E-state index contributed by atoms with van der Waals surface area (Å²) in [6.07, 6.45) is 0. The van der Waals surface area contributed by atoms with Crippen molar-refractivity contribution in [1.82, 2.24) is 9.80 Å². The largest absolute Gasteiger partial charge is 0.496 e. The molecule has 0 aliphatic carbocycles. The molecule has 2 aromatic rings. The van der Waals surface area contributed by atoms with Crippen molar-refractivity contribution in [2.45, 2.75) is 0 Å². The number of anilines is 2. The summed E-state index contributed by atoms with van der Waals surface area (Å²) in [5.41, 5.74) is 2.99. The molecule has 0 radical (unpaired) electrons. The highest BCUT2D eigenvalue weighted by Gasteiger charge is 2.43. The molecule has 2 heterocycles. The number of benzene rings is 2. The second-order valence-electron chi connectivity index (χ2n) is 8.07. The number of amides is 2. The van der Waals surface area contributed by atoms with Crippen molar-refractivity contribution < 1.29 is 14.3 Å². The number of carbonyl (C=O) groups is 2. The number of rotatable bonds is 5. The van der Waals surface area contributed by atoms with E-state index in [1.165, 1.54) is 4.90 Å². The summed E-state index contributed by atoms with van der Waals surface area (Å²) < 4.78 is 5.54. The van der Waals surface area contributed by atoms with Crippen LogP contribution in [0.25, 0.3) is 5.57 Å². The maximum Gasteiger partial charge on any atom is 0.282 e. The van der Waals surface area contributed by atoms with E-state index in [4.69, 9.17) is 4.74 Å². The fourth-order valence-corrected chi connectivity index (χ4v) is 4.08. The lowest BCUT2D eigenvalue weighted by atomic mass is 10.0. The molecule has 0 saturated carbocycles. The van der Waals surface area contributed by atoms with Crippen LogP contribution < -0.4 is 14.5 Å². The molecule has 2 aliphatic rings. The third-order valence-corrected chi connectivity index (χ3v) is 5.86. The summed E-state index contributed by atoms with van der Waals surface area (Å²) >= 11 is 0. The zero-order valence-electron chi connectivity index (χ0n) is 18.5. The zero-order chi connectivity index (χ0) is 22.1. The fourth-order valence-electron chi connectivity index (χ4n) is 4.08. The number of nitrogens with zero attached hydrogens (tertiary/aromatic N) is 4. The molecule has 1 fully saturated rings. The second kappa shape index (κ2) is 8.43. The first kappa shape index (κ1) is 20.9. The molecule has 0 aromatic heterocycles. The Morgan fingerprint density at radius 1 is 0.903 bits per heavy atom. The van der Waals surface area contributed by atoms with Crippen LogP contribution in [0.1, 0.15) is 5.56 Å². The van der Waals surface area contributed by atoms with E-state index in [0.29, 0.717) is 41.4 Å². The molecule has 0 N–H and O–H groups in total. The summed E-state index contributed by atoms with van der Waals surface area (Å²) in [4.78, 5) is 34.9. The average molecular weight is 421 g/mol. The van der Waals surface area contributed by atoms with Crippen molar-refractivity contribution >= 4 is 28.8 Å². The van der Waals surface area contributed by atoms with Gasteiger partial charge < -0.3 is 19.4 Å². The highest BCUT2D eigenvalue weighted by molar-refractivity contribution is 6.45. The third-order valence-electron chi connectivity index (χ3n) is 5.86. The molecule has 0 spiro atoms. The van der Waals surface area contributed by atoms with E-state index in [-0.39, 0.29) is 11.8 Å². The number of hydrogen-bond acceptors (Lipinski definition) is 6. The van der Waals surface area contributed by atoms with Gasteiger partial charge in [-0.25, -0.2) is 4.90 Å². The molecular formula is C24H28N4O3. The lowest BCUT2D eigenvalue weighted by molar-refractivity contribution is -0.120.